The lowest BCUT2D eigenvalue weighted by molar-refractivity contribution is -0.605. The molecule has 0 bridgehead atoms. The maximum absolute atomic E-state index is 11.0. The first kappa shape index (κ1) is 12.5. The van der Waals surface area contributed by atoms with Crippen molar-refractivity contribution in [1.29, 1.82) is 0 Å². The summed E-state index contributed by atoms with van der Waals surface area (Å²) < 4.78 is 0.756. The van der Waals surface area contributed by atoms with Crippen LogP contribution in [0.1, 0.15) is 36.7 Å². The van der Waals surface area contributed by atoms with Gasteiger partial charge in [-0.25, -0.2) is 9.97 Å². The number of hydrogen-bond donors (Lipinski definition) is 0. The highest BCUT2D eigenvalue weighted by Crippen LogP contribution is 2.23. The number of nitrogens with zero attached hydrogens (tertiary/aromatic N) is 3. The van der Waals surface area contributed by atoms with Gasteiger partial charge < -0.3 is 5.21 Å². The highest BCUT2D eigenvalue weighted by atomic mass is 16.5. The summed E-state index contributed by atoms with van der Waals surface area (Å²) in [5, 5.41) is 11.0. The molecule has 0 spiro atoms. The maximum atomic E-state index is 11.0. The van der Waals surface area contributed by atoms with Gasteiger partial charge in [-0.3, -0.25) is 0 Å². The van der Waals surface area contributed by atoms with Crippen LogP contribution >= 0.6 is 0 Å². The van der Waals surface area contributed by atoms with E-state index in [1.54, 1.807) is 12.1 Å². The van der Waals surface area contributed by atoms with Gasteiger partial charge in [0.05, 0.1) is 0 Å². The van der Waals surface area contributed by atoms with Crippen LogP contribution in [0, 0.1) is 19.1 Å². The summed E-state index contributed by atoms with van der Waals surface area (Å²) in [6.07, 6.45) is 2.92. The average molecular weight is 243 g/mol. The van der Waals surface area contributed by atoms with E-state index in [1.165, 1.54) is 18.0 Å². The number of rotatable bonds is 2. The third kappa shape index (κ3) is 2.32. The van der Waals surface area contributed by atoms with E-state index >= 15 is 0 Å². The first-order chi connectivity index (χ1) is 8.49. The van der Waals surface area contributed by atoms with Gasteiger partial charge in [-0.05, 0) is 25.3 Å². The van der Waals surface area contributed by atoms with Gasteiger partial charge in [0.2, 0.25) is 0 Å². The molecule has 2 heterocycles. The van der Waals surface area contributed by atoms with Crippen molar-refractivity contribution in [2.75, 3.05) is 0 Å². The van der Waals surface area contributed by atoms with Crippen molar-refractivity contribution in [3.05, 3.63) is 46.7 Å². The molecule has 0 aliphatic heterocycles. The molecule has 4 nitrogen and oxygen atoms in total. The van der Waals surface area contributed by atoms with Gasteiger partial charge in [-0.1, -0.05) is 13.8 Å². The van der Waals surface area contributed by atoms with Gasteiger partial charge >= 0.3 is 0 Å². The molecular formula is C14H17N3O. The molecule has 0 N–H and O–H groups in total. The van der Waals surface area contributed by atoms with Crippen LogP contribution in [-0.2, 0) is 0 Å². The lowest BCUT2D eigenvalue weighted by Gasteiger charge is -2.13. The first-order valence-corrected chi connectivity index (χ1v) is 6.03. The second-order valence-corrected chi connectivity index (χ2v) is 4.73. The van der Waals surface area contributed by atoms with Gasteiger partial charge in [0, 0.05) is 29.1 Å². The number of pyridine rings is 1. The summed E-state index contributed by atoms with van der Waals surface area (Å²) in [7, 11) is 0. The summed E-state index contributed by atoms with van der Waals surface area (Å²) in [5.41, 5.74) is 4.08. The Balaban J connectivity index is 2.51. The van der Waals surface area contributed by atoms with Gasteiger partial charge in [0.15, 0.2) is 18.2 Å². The van der Waals surface area contributed by atoms with Gasteiger partial charge in [-0.15, -0.1) is 0 Å². The predicted octanol–water partition coefficient (Wildman–Crippen LogP) is 2.52. The first-order valence-electron chi connectivity index (χ1n) is 6.03. The average Bonchev–Trinajstić information content (AvgIpc) is 2.28. The molecule has 0 aromatic carbocycles. The van der Waals surface area contributed by atoms with E-state index in [2.05, 4.69) is 23.8 Å². The Morgan fingerprint density at radius 1 is 1.06 bits per heavy atom. The van der Waals surface area contributed by atoms with Crippen LogP contribution in [0.25, 0.3) is 11.4 Å². The topological polar surface area (TPSA) is 52.7 Å². The minimum absolute atomic E-state index is 0.415. The Morgan fingerprint density at radius 2 is 1.56 bits per heavy atom. The molecule has 0 radical (unpaired) electrons. The molecule has 0 aliphatic rings. The number of aryl methyl sites for hydroxylation is 2. The molecule has 2 aromatic rings. The van der Waals surface area contributed by atoms with Crippen LogP contribution in [0.2, 0.25) is 0 Å². The fraction of sp³-hybridized carbons (Fsp3) is 0.357. The molecule has 94 valence electrons. The fourth-order valence-electron chi connectivity index (χ4n) is 2.25. The Kier molecular flexibility index (Phi) is 3.28. The van der Waals surface area contributed by atoms with Crippen molar-refractivity contribution in [2.24, 2.45) is 0 Å². The molecule has 0 fully saturated rings. The van der Waals surface area contributed by atoms with Crippen molar-refractivity contribution < 1.29 is 4.73 Å². The van der Waals surface area contributed by atoms with Crippen molar-refractivity contribution in [3.63, 3.8) is 0 Å². The molecule has 0 unspecified atom stereocenters. The lowest BCUT2D eigenvalue weighted by Crippen LogP contribution is -2.23. The van der Waals surface area contributed by atoms with Crippen LogP contribution in [-0.4, -0.2) is 9.97 Å². The van der Waals surface area contributed by atoms with Gasteiger partial charge in [-0.2, -0.15) is 4.73 Å². The van der Waals surface area contributed by atoms with E-state index < -0.39 is 0 Å². The summed E-state index contributed by atoms with van der Waals surface area (Å²) >= 11 is 0. The summed E-state index contributed by atoms with van der Waals surface area (Å²) in [6.45, 7) is 8.29. The van der Waals surface area contributed by atoms with Crippen molar-refractivity contribution in [3.8, 4) is 11.4 Å². The monoisotopic (exact) mass is 243 g/mol. The molecule has 2 rings (SSSR count). The third-order valence-corrected chi connectivity index (χ3v) is 2.96. The summed E-state index contributed by atoms with van der Waals surface area (Å²) in [4.78, 5) is 9.07. The Morgan fingerprint density at radius 3 is 2.00 bits per heavy atom. The van der Waals surface area contributed by atoms with E-state index in [0.717, 1.165) is 21.7 Å². The smallest absolute Gasteiger partial charge is 0.181 e. The van der Waals surface area contributed by atoms with Crippen molar-refractivity contribution in [2.45, 2.75) is 33.6 Å². The van der Waals surface area contributed by atoms with E-state index in [4.69, 9.17) is 0 Å². The second-order valence-electron chi connectivity index (χ2n) is 4.73. The zero-order valence-corrected chi connectivity index (χ0v) is 11.1. The van der Waals surface area contributed by atoms with Crippen LogP contribution in [0.5, 0.6) is 0 Å². The van der Waals surface area contributed by atoms with E-state index in [-0.39, 0.29) is 0 Å². The zero-order valence-electron chi connectivity index (χ0n) is 11.1. The maximum Gasteiger partial charge on any atom is 0.181 e. The highest BCUT2D eigenvalue weighted by Gasteiger charge is 2.12. The van der Waals surface area contributed by atoms with Crippen LogP contribution in [0.15, 0.2) is 24.5 Å². The largest absolute Gasteiger partial charge is 0.619 e. The van der Waals surface area contributed by atoms with Gasteiger partial charge in [0.1, 0.15) is 0 Å². The molecule has 0 atom stereocenters. The Bertz CT molecular complexity index is 539. The molecule has 18 heavy (non-hydrogen) atoms. The Labute approximate surface area is 107 Å². The van der Waals surface area contributed by atoms with Gasteiger partial charge in [0.25, 0.3) is 0 Å². The summed E-state index contributed by atoms with van der Waals surface area (Å²) in [6, 6.07) is 3.46. The highest BCUT2D eigenvalue weighted by molar-refractivity contribution is 5.54. The van der Waals surface area contributed by atoms with E-state index in [0.29, 0.717) is 11.7 Å². The van der Waals surface area contributed by atoms with Crippen molar-refractivity contribution in [1.82, 2.24) is 9.97 Å². The minimum Gasteiger partial charge on any atom is -0.619 e. The number of aromatic nitrogens is 3. The second kappa shape index (κ2) is 4.72. The molecule has 0 saturated heterocycles. The molecule has 0 amide bonds. The molecular weight excluding hydrogens is 226 g/mol. The van der Waals surface area contributed by atoms with Crippen LogP contribution in [0.3, 0.4) is 0 Å². The predicted molar refractivity (Wildman–Crippen MR) is 70.0 cm³/mol. The zero-order chi connectivity index (χ0) is 13.3. The summed E-state index contributed by atoms with van der Waals surface area (Å²) in [5.74, 6) is 1.09. The lowest BCUT2D eigenvalue weighted by atomic mass is 10.00. The molecule has 0 aliphatic carbocycles. The number of hydrogen-bond acceptors (Lipinski definition) is 3. The quantitative estimate of drug-likeness (QED) is 0.601. The van der Waals surface area contributed by atoms with E-state index in [1.807, 2.05) is 13.8 Å². The van der Waals surface area contributed by atoms with Crippen LogP contribution in [0.4, 0.5) is 0 Å². The standard InChI is InChI=1S/C14H17N3O/c1-9(2)13-10(3)15-14(16-11(13)4)12-5-7-17(18)8-6-12/h5-9H,1-4H3. The normalized spacial score (nSPS) is 10.9. The fourth-order valence-corrected chi connectivity index (χ4v) is 2.25. The molecule has 0 saturated carbocycles. The SMILES string of the molecule is Cc1nc(-c2cc[n+]([O-])cc2)nc(C)c1C(C)C. The van der Waals surface area contributed by atoms with Crippen molar-refractivity contribution >= 4 is 0 Å². The Hall–Kier alpha value is -1.97. The third-order valence-electron chi connectivity index (χ3n) is 2.96. The van der Waals surface area contributed by atoms with Crippen LogP contribution < -0.4 is 4.73 Å². The van der Waals surface area contributed by atoms with E-state index in [9.17, 15) is 5.21 Å². The molecule has 4 heteroatoms. The minimum atomic E-state index is 0.415. The molecule has 2 aromatic heterocycles.